The van der Waals surface area contributed by atoms with Crippen molar-refractivity contribution in [2.45, 2.75) is 5.75 Å². The Morgan fingerprint density at radius 1 is 1.03 bits per heavy atom. The molecule has 3 heterocycles. The normalized spacial score (nSPS) is 15.2. The quantitative estimate of drug-likeness (QED) is 0.627. The van der Waals surface area contributed by atoms with Crippen LogP contribution < -0.4 is 10.2 Å². The van der Waals surface area contributed by atoms with E-state index in [2.05, 4.69) is 20.2 Å². The van der Waals surface area contributed by atoms with E-state index >= 15 is 0 Å². The minimum atomic E-state index is -3.39. The maximum absolute atomic E-state index is 12.5. The first kappa shape index (κ1) is 21.5. The van der Waals surface area contributed by atoms with Gasteiger partial charge in [0.2, 0.25) is 15.9 Å². The largest absolute Gasteiger partial charge is 0.354 e. The number of nitrogens with zero attached hydrogens (tertiary/aromatic N) is 4. The number of pyridine rings is 2. The molecule has 1 N–H and O–H groups in total. The Hall–Kier alpha value is -2.17. The summed E-state index contributed by atoms with van der Waals surface area (Å²) in [4.78, 5) is 22.5. The molecule has 156 valence electrons. The molecule has 0 atom stereocenters. The van der Waals surface area contributed by atoms with Crippen LogP contribution in [0.3, 0.4) is 0 Å². The summed E-state index contributed by atoms with van der Waals surface area (Å²) in [6.45, 7) is 2.17. The Bertz CT molecular complexity index is 873. The molecule has 1 fully saturated rings. The molecule has 1 saturated heterocycles. The van der Waals surface area contributed by atoms with Gasteiger partial charge in [0.05, 0.1) is 17.2 Å². The zero-order chi connectivity index (χ0) is 20.5. The molecule has 0 aliphatic carbocycles. The number of hydrogen-bond acceptors (Lipinski definition) is 7. The molecule has 2 aromatic rings. The Labute approximate surface area is 175 Å². The summed E-state index contributed by atoms with van der Waals surface area (Å²) in [5, 5.41) is 2.69. The van der Waals surface area contributed by atoms with Crippen molar-refractivity contribution in [3.63, 3.8) is 0 Å². The van der Waals surface area contributed by atoms with Crippen molar-refractivity contribution in [2.24, 2.45) is 0 Å². The van der Waals surface area contributed by atoms with Crippen LogP contribution >= 0.6 is 11.8 Å². The lowest BCUT2D eigenvalue weighted by Crippen LogP contribution is -2.50. The van der Waals surface area contributed by atoms with E-state index in [1.807, 2.05) is 36.4 Å². The molecule has 0 spiro atoms. The summed E-state index contributed by atoms with van der Waals surface area (Å²) in [7, 11) is -3.39. The van der Waals surface area contributed by atoms with Crippen molar-refractivity contribution in [2.75, 3.05) is 49.1 Å². The SMILES string of the molecule is O=C(CSCc1ccccn1)NCCS(=O)(=O)N1CCN(c2ccccn2)CC1. The first-order valence-electron chi connectivity index (χ1n) is 9.43. The van der Waals surface area contributed by atoms with Crippen molar-refractivity contribution in [3.05, 3.63) is 54.5 Å². The second-order valence-corrected chi connectivity index (χ2v) is 9.63. The van der Waals surface area contributed by atoms with Gasteiger partial charge < -0.3 is 10.2 Å². The molecule has 1 amide bonds. The van der Waals surface area contributed by atoms with Crippen LogP contribution in [0.1, 0.15) is 5.69 Å². The fraction of sp³-hybridized carbons (Fsp3) is 0.421. The van der Waals surface area contributed by atoms with Crippen molar-refractivity contribution in [1.82, 2.24) is 19.6 Å². The van der Waals surface area contributed by atoms with Crippen molar-refractivity contribution >= 4 is 33.5 Å². The van der Waals surface area contributed by atoms with Gasteiger partial charge >= 0.3 is 0 Å². The van der Waals surface area contributed by atoms with Gasteiger partial charge in [-0.25, -0.2) is 13.4 Å². The summed E-state index contributed by atoms with van der Waals surface area (Å²) in [5.74, 6) is 1.53. The number of aromatic nitrogens is 2. The van der Waals surface area contributed by atoms with E-state index in [1.165, 1.54) is 16.1 Å². The molecule has 29 heavy (non-hydrogen) atoms. The lowest BCUT2D eigenvalue weighted by Gasteiger charge is -2.34. The zero-order valence-electron chi connectivity index (χ0n) is 16.1. The molecule has 0 unspecified atom stereocenters. The van der Waals surface area contributed by atoms with Gasteiger partial charge in [-0.15, -0.1) is 11.8 Å². The molecular weight excluding hydrogens is 410 g/mol. The molecule has 0 aromatic carbocycles. The molecular formula is C19H25N5O3S2. The summed E-state index contributed by atoms with van der Waals surface area (Å²) in [6.07, 6.45) is 3.45. The lowest BCUT2D eigenvalue weighted by molar-refractivity contribution is -0.118. The summed E-state index contributed by atoms with van der Waals surface area (Å²) in [5.41, 5.74) is 0.915. The molecule has 0 radical (unpaired) electrons. The van der Waals surface area contributed by atoms with E-state index in [0.29, 0.717) is 31.9 Å². The van der Waals surface area contributed by atoms with E-state index in [0.717, 1.165) is 11.5 Å². The average Bonchev–Trinajstić information content (AvgIpc) is 2.75. The molecule has 10 heteroatoms. The van der Waals surface area contributed by atoms with Gasteiger partial charge in [0.1, 0.15) is 5.82 Å². The lowest BCUT2D eigenvalue weighted by atomic mass is 10.3. The predicted molar refractivity (Wildman–Crippen MR) is 115 cm³/mol. The van der Waals surface area contributed by atoms with Crippen LogP contribution in [0.15, 0.2) is 48.8 Å². The van der Waals surface area contributed by atoms with Crippen LogP contribution in [-0.2, 0) is 20.6 Å². The fourth-order valence-electron chi connectivity index (χ4n) is 2.97. The van der Waals surface area contributed by atoms with Crippen LogP contribution in [0.25, 0.3) is 0 Å². The number of sulfonamides is 1. The van der Waals surface area contributed by atoms with Crippen LogP contribution in [-0.4, -0.2) is 72.8 Å². The number of thioether (sulfide) groups is 1. The number of carbonyl (C=O) groups excluding carboxylic acids is 1. The number of amides is 1. The summed E-state index contributed by atoms with van der Waals surface area (Å²) in [6, 6.07) is 11.4. The van der Waals surface area contributed by atoms with E-state index in [4.69, 9.17) is 0 Å². The van der Waals surface area contributed by atoms with Crippen molar-refractivity contribution in [3.8, 4) is 0 Å². The highest BCUT2D eigenvalue weighted by Crippen LogP contribution is 2.14. The molecule has 1 aliphatic rings. The van der Waals surface area contributed by atoms with Crippen LogP contribution in [0.4, 0.5) is 5.82 Å². The minimum absolute atomic E-state index is 0.0900. The maximum Gasteiger partial charge on any atom is 0.230 e. The first-order chi connectivity index (χ1) is 14.0. The number of piperazine rings is 1. The number of hydrogen-bond donors (Lipinski definition) is 1. The Balaban J connectivity index is 1.35. The molecule has 0 bridgehead atoms. The number of rotatable bonds is 9. The van der Waals surface area contributed by atoms with Crippen LogP contribution in [0.2, 0.25) is 0 Å². The molecule has 1 aliphatic heterocycles. The van der Waals surface area contributed by atoms with Gasteiger partial charge in [0.15, 0.2) is 0 Å². The van der Waals surface area contributed by atoms with E-state index in [1.54, 1.807) is 12.4 Å². The van der Waals surface area contributed by atoms with Gasteiger partial charge in [0.25, 0.3) is 0 Å². The van der Waals surface area contributed by atoms with E-state index in [9.17, 15) is 13.2 Å². The number of nitrogens with one attached hydrogen (secondary N) is 1. The maximum atomic E-state index is 12.5. The number of carbonyl (C=O) groups is 1. The van der Waals surface area contributed by atoms with E-state index in [-0.39, 0.29) is 24.0 Å². The Morgan fingerprint density at radius 2 is 1.76 bits per heavy atom. The van der Waals surface area contributed by atoms with E-state index < -0.39 is 10.0 Å². The van der Waals surface area contributed by atoms with Crippen molar-refractivity contribution < 1.29 is 13.2 Å². The smallest absolute Gasteiger partial charge is 0.230 e. The monoisotopic (exact) mass is 435 g/mol. The average molecular weight is 436 g/mol. The third kappa shape index (κ3) is 6.69. The molecule has 0 saturated carbocycles. The highest BCUT2D eigenvalue weighted by Gasteiger charge is 2.27. The first-order valence-corrected chi connectivity index (χ1v) is 12.2. The third-order valence-corrected chi connectivity index (χ3v) is 7.33. The van der Waals surface area contributed by atoms with Gasteiger partial charge in [0, 0.05) is 50.9 Å². The fourth-order valence-corrected chi connectivity index (χ4v) is 5.07. The Morgan fingerprint density at radius 3 is 2.41 bits per heavy atom. The standard InChI is InChI=1S/C19H25N5O3S2/c25-19(16-28-15-17-5-1-3-7-20-17)22-9-14-29(26,27)24-12-10-23(11-13-24)18-6-2-4-8-21-18/h1-8H,9-16H2,(H,22,25). The second-order valence-electron chi connectivity index (χ2n) is 6.55. The topological polar surface area (TPSA) is 95.5 Å². The van der Waals surface area contributed by atoms with Gasteiger partial charge in [-0.3, -0.25) is 9.78 Å². The molecule has 3 rings (SSSR count). The highest BCUT2D eigenvalue weighted by atomic mass is 32.2. The van der Waals surface area contributed by atoms with Gasteiger partial charge in [-0.1, -0.05) is 12.1 Å². The predicted octanol–water partition coefficient (Wildman–Crippen LogP) is 0.978. The minimum Gasteiger partial charge on any atom is -0.354 e. The molecule has 2 aromatic heterocycles. The number of anilines is 1. The van der Waals surface area contributed by atoms with Crippen LogP contribution in [0, 0.1) is 0 Å². The Kier molecular flexibility index (Phi) is 7.84. The third-order valence-electron chi connectivity index (χ3n) is 4.50. The summed E-state index contributed by atoms with van der Waals surface area (Å²) < 4.78 is 26.6. The molecule has 8 nitrogen and oxygen atoms in total. The highest BCUT2D eigenvalue weighted by molar-refractivity contribution is 7.99. The zero-order valence-corrected chi connectivity index (χ0v) is 17.7. The summed E-state index contributed by atoms with van der Waals surface area (Å²) >= 11 is 1.45. The van der Waals surface area contributed by atoms with Gasteiger partial charge in [-0.05, 0) is 24.3 Å². The van der Waals surface area contributed by atoms with Crippen LogP contribution in [0.5, 0.6) is 0 Å². The second kappa shape index (κ2) is 10.6. The van der Waals surface area contributed by atoms with Crippen molar-refractivity contribution in [1.29, 1.82) is 0 Å². The van der Waals surface area contributed by atoms with Gasteiger partial charge in [-0.2, -0.15) is 4.31 Å².